The molecule has 0 bridgehead atoms. The van der Waals surface area contributed by atoms with Crippen LogP contribution in [-0.2, 0) is 11.2 Å². The topological polar surface area (TPSA) is 54.0 Å². The zero-order valence-electron chi connectivity index (χ0n) is 12.4. The van der Waals surface area contributed by atoms with Crippen molar-refractivity contribution in [1.29, 1.82) is 0 Å². The van der Waals surface area contributed by atoms with Crippen LogP contribution < -0.4 is 10.6 Å². The van der Waals surface area contributed by atoms with Crippen molar-refractivity contribution in [2.24, 2.45) is 0 Å². The summed E-state index contributed by atoms with van der Waals surface area (Å²) >= 11 is 1.46. The zero-order chi connectivity index (χ0) is 16.2. The van der Waals surface area contributed by atoms with Gasteiger partial charge in [-0.3, -0.25) is 4.79 Å². The lowest BCUT2D eigenvalue weighted by Crippen LogP contribution is -2.26. The van der Waals surface area contributed by atoms with Crippen molar-refractivity contribution in [2.45, 2.75) is 25.2 Å². The SMILES string of the molecule is O=C(Cc1ccc(F)cc1F)Nc1ncc(C2CCNCC2)s1. The number of rotatable bonds is 4. The van der Waals surface area contributed by atoms with Gasteiger partial charge in [-0.05, 0) is 43.5 Å². The first-order valence-corrected chi connectivity index (χ1v) is 8.33. The second-order valence-corrected chi connectivity index (χ2v) is 6.61. The van der Waals surface area contributed by atoms with Crippen LogP contribution in [-0.4, -0.2) is 24.0 Å². The molecule has 122 valence electrons. The number of halogens is 2. The van der Waals surface area contributed by atoms with E-state index in [2.05, 4.69) is 15.6 Å². The van der Waals surface area contributed by atoms with Gasteiger partial charge in [0.1, 0.15) is 11.6 Å². The number of nitrogens with one attached hydrogen (secondary N) is 2. The molecule has 1 saturated heterocycles. The summed E-state index contributed by atoms with van der Waals surface area (Å²) in [5, 5.41) is 6.52. The number of anilines is 1. The molecular formula is C16H17F2N3OS. The van der Waals surface area contributed by atoms with Crippen LogP contribution in [0, 0.1) is 11.6 Å². The maximum absolute atomic E-state index is 13.6. The van der Waals surface area contributed by atoms with E-state index in [0.717, 1.165) is 42.9 Å². The summed E-state index contributed by atoms with van der Waals surface area (Å²) in [7, 11) is 0. The van der Waals surface area contributed by atoms with Crippen molar-refractivity contribution >= 4 is 22.4 Å². The average Bonchev–Trinajstić information content (AvgIpc) is 2.99. The fourth-order valence-electron chi connectivity index (χ4n) is 2.64. The molecule has 2 N–H and O–H groups in total. The number of benzene rings is 1. The second-order valence-electron chi connectivity index (χ2n) is 5.55. The third kappa shape index (κ3) is 4.11. The van der Waals surface area contributed by atoms with Gasteiger partial charge in [0, 0.05) is 17.1 Å². The molecular weight excluding hydrogens is 320 g/mol. The highest BCUT2D eigenvalue weighted by Crippen LogP contribution is 2.31. The predicted molar refractivity (Wildman–Crippen MR) is 85.7 cm³/mol. The Labute approximate surface area is 136 Å². The number of aromatic nitrogens is 1. The minimum absolute atomic E-state index is 0.144. The minimum Gasteiger partial charge on any atom is -0.317 e. The summed E-state index contributed by atoms with van der Waals surface area (Å²) in [5.74, 6) is -1.25. The molecule has 0 atom stereocenters. The smallest absolute Gasteiger partial charge is 0.230 e. The Hall–Kier alpha value is -1.86. The molecule has 1 aliphatic heterocycles. The van der Waals surface area contributed by atoms with Gasteiger partial charge in [0.05, 0.1) is 6.42 Å². The van der Waals surface area contributed by atoms with Gasteiger partial charge in [-0.15, -0.1) is 11.3 Å². The van der Waals surface area contributed by atoms with Crippen molar-refractivity contribution in [1.82, 2.24) is 10.3 Å². The Kier molecular flexibility index (Phi) is 4.97. The molecule has 2 aromatic rings. The van der Waals surface area contributed by atoms with Crippen LogP contribution in [0.5, 0.6) is 0 Å². The van der Waals surface area contributed by atoms with Crippen LogP contribution in [0.4, 0.5) is 13.9 Å². The third-order valence-electron chi connectivity index (χ3n) is 3.88. The Morgan fingerprint density at radius 1 is 1.35 bits per heavy atom. The maximum atomic E-state index is 13.6. The number of thiazole rings is 1. The summed E-state index contributed by atoms with van der Waals surface area (Å²) in [6.07, 6.45) is 3.79. The van der Waals surface area contributed by atoms with Gasteiger partial charge < -0.3 is 10.6 Å². The van der Waals surface area contributed by atoms with Crippen LogP contribution in [0.2, 0.25) is 0 Å². The largest absolute Gasteiger partial charge is 0.317 e. The van der Waals surface area contributed by atoms with Crippen molar-refractivity contribution in [2.75, 3.05) is 18.4 Å². The Balaban J connectivity index is 1.60. The van der Waals surface area contributed by atoms with Crippen molar-refractivity contribution in [3.05, 3.63) is 46.5 Å². The van der Waals surface area contributed by atoms with Crippen molar-refractivity contribution in [3.63, 3.8) is 0 Å². The van der Waals surface area contributed by atoms with E-state index in [9.17, 15) is 13.6 Å². The lowest BCUT2D eigenvalue weighted by molar-refractivity contribution is -0.115. The number of nitrogens with zero attached hydrogens (tertiary/aromatic N) is 1. The van der Waals surface area contributed by atoms with E-state index >= 15 is 0 Å². The van der Waals surface area contributed by atoms with Crippen LogP contribution in [0.15, 0.2) is 24.4 Å². The van der Waals surface area contributed by atoms with Crippen molar-refractivity contribution in [3.8, 4) is 0 Å². The van der Waals surface area contributed by atoms with Gasteiger partial charge in [0.2, 0.25) is 5.91 Å². The average molecular weight is 337 g/mol. The highest BCUT2D eigenvalue weighted by Gasteiger charge is 2.18. The molecule has 7 heteroatoms. The quantitative estimate of drug-likeness (QED) is 0.901. The molecule has 1 aromatic heterocycles. The normalized spacial score (nSPS) is 15.6. The minimum atomic E-state index is -0.713. The molecule has 1 aliphatic rings. The number of piperidine rings is 1. The van der Waals surface area contributed by atoms with Gasteiger partial charge in [0.15, 0.2) is 5.13 Å². The molecule has 23 heavy (non-hydrogen) atoms. The number of hydrogen-bond donors (Lipinski definition) is 2. The summed E-state index contributed by atoms with van der Waals surface area (Å²) in [6.45, 7) is 1.99. The summed E-state index contributed by atoms with van der Waals surface area (Å²) < 4.78 is 26.4. The molecule has 0 unspecified atom stereocenters. The first kappa shape index (κ1) is 16.0. The molecule has 1 fully saturated rings. The van der Waals surface area contributed by atoms with Gasteiger partial charge >= 0.3 is 0 Å². The number of carbonyl (C=O) groups is 1. The number of carbonyl (C=O) groups excluding carboxylic acids is 1. The highest BCUT2D eigenvalue weighted by atomic mass is 32.1. The van der Waals surface area contributed by atoms with E-state index in [-0.39, 0.29) is 17.9 Å². The lowest BCUT2D eigenvalue weighted by atomic mass is 9.97. The fraction of sp³-hybridized carbons (Fsp3) is 0.375. The van der Waals surface area contributed by atoms with Gasteiger partial charge in [0.25, 0.3) is 0 Å². The zero-order valence-corrected chi connectivity index (χ0v) is 13.3. The molecule has 0 aliphatic carbocycles. The van der Waals surface area contributed by atoms with E-state index in [1.54, 1.807) is 6.20 Å². The van der Waals surface area contributed by atoms with Crippen LogP contribution >= 0.6 is 11.3 Å². The molecule has 0 saturated carbocycles. The molecule has 1 amide bonds. The van der Waals surface area contributed by atoms with E-state index in [1.165, 1.54) is 17.4 Å². The summed E-state index contributed by atoms with van der Waals surface area (Å²) in [6, 6.07) is 3.21. The Bertz CT molecular complexity index is 698. The van der Waals surface area contributed by atoms with Gasteiger partial charge in [-0.25, -0.2) is 13.8 Å². The second kappa shape index (κ2) is 7.14. The molecule has 4 nitrogen and oxygen atoms in total. The molecule has 1 aromatic carbocycles. The first-order valence-electron chi connectivity index (χ1n) is 7.52. The Morgan fingerprint density at radius 2 is 2.13 bits per heavy atom. The molecule has 3 rings (SSSR count). The van der Waals surface area contributed by atoms with Crippen molar-refractivity contribution < 1.29 is 13.6 Å². The van der Waals surface area contributed by atoms with Gasteiger partial charge in [-0.1, -0.05) is 6.07 Å². The van der Waals surface area contributed by atoms with Crippen LogP contribution in [0.25, 0.3) is 0 Å². The first-order chi connectivity index (χ1) is 11.1. The molecule has 0 radical (unpaired) electrons. The van der Waals surface area contributed by atoms with Gasteiger partial charge in [-0.2, -0.15) is 0 Å². The summed E-state index contributed by atoms with van der Waals surface area (Å²) in [5.41, 5.74) is 0.166. The lowest BCUT2D eigenvalue weighted by Gasteiger charge is -2.20. The van der Waals surface area contributed by atoms with E-state index in [4.69, 9.17) is 0 Å². The van der Waals surface area contributed by atoms with E-state index in [0.29, 0.717) is 11.0 Å². The van der Waals surface area contributed by atoms with Crippen LogP contribution in [0.1, 0.15) is 29.2 Å². The fourth-order valence-corrected chi connectivity index (χ4v) is 3.64. The monoisotopic (exact) mass is 337 g/mol. The predicted octanol–water partition coefficient (Wildman–Crippen LogP) is 3.07. The van der Waals surface area contributed by atoms with E-state index in [1.807, 2.05) is 0 Å². The molecule has 2 heterocycles. The standard InChI is InChI=1S/C16H17F2N3OS/c17-12-2-1-11(13(18)8-12)7-15(22)21-16-20-9-14(23-16)10-3-5-19-6-4-10/h1-2,8-10,19H,3-7H2,(H,20,21,22). The van der Waals surface area contributed by atoms with E-state index < -0.39 is 11.6 Å². The highest BCUT2D eigenvalue weighted by molar-refractivity contribution is 7.15. The van der Waals surface area contributed by atoms with Crippen LogP contribution in [0.3, 0.4) is 0 Å². The molecule has 0 spiro atoms. The number of hydrogen-bond acceptors (Lipinski definition) is 4. The Morgan fingerprint density at radius 3 is 2.87 bits per heavy atom. The number of amides is 1. The summed E-state index contributed by atoms with van der Waals surface area (Å²) in [4.78, 5) is 17.4. The maximum Gasteiger partial charge on any atom is 0.230 e. The third-order valence-corrected chi connectivity index (χ3v) is 4.95.